The molecule has 2 heterocycles. The maximum absolute atomic E-state index is 12.0. The van der Waals surface area contributed by atoms with E-state index in [-0.39, 0.29) is 17.2 Å². The van der Waals surface area contributed by atoms with Crippen LogP contribution >= 0.6 is 22.7 Å². The Labute approximate surface area is 117 Å². The summed E-state index contributed by atoms with van der Waals surface area (Å²) in [5.74, 6) is -0.983. The van der Waals surface area contributed by atoms with E-state index in [0.717, 1.165) is 16.2 Å². The van der Waals surface area contributed by atoms with Gasteiger partial charge in [-0.25, -0.2) is 13.1 Å². The lowest BCUT2D eigenvalue weighted by molar-refractivity contribution is -0.136. The Morgan fingerprint density at radius 3 is 2.79 bits per heavy atom. The average molecular weight is 318 g/mol. The van der Waals surface area contributed by atoms with E-state index in [1.807, 2.05) is 0 Å². The molecule has 2 N–H and O–H groups in total. The van der Waals surface area contributed by atoms with Crippen molar-refractivity contribution in [3.8, 4) is 0 Å². The Bertz CT molecular complexity index is 661. The fourth-order valence-electron chi connectivity index (χ4n) is 1.31. The third kappa shape index (κ3) is 3.83. The lowest BCUT2D eigenvalue weighted by Crippen LogP contribution is -2.21. The van der Waals surface area contributed by atoms with Gasteiger partial charge in [-0.15, -0.1) is 22.7 Å². The van der Waals surface area contributed by atoms with Crippen LogP contribution in [0.25, 0.3) is 0 Å². The highest BCUT2D eigenvalue weighted by Gasteiger charge is 2.17. The van der Waals surface area contributed by atoms with Crippen molar-refractivity contribution in [2.45, 2.75) is 17.2 Å². The van der Waals surface area contributed by atoms with Gasteiger partial charge in [0.25, 0.3) is 0 Å². The average Bonchev–Trinajstić information content (AvgIpc) is 2.96. The minimum Gasteiger partial charge on any atom is -0.481 e. The van der Waals surface area contributed by atoms with Gasteiger partial charge in [0.15, 0.2) is 0 Å². The van der Waals surface area contributed by atoms with Crippen molar-refractivity contribution >= 4 is 38.7 Å². The van der Waals surface area contributed by atoms with Crippen LogP contribution in [0.4, 0.5) is 0 Å². The third-order valence-corrected chi connectivity index (χ3v) is 5.91. The predicted molar refractivity (Wildman–Crippen MR) is 71.8 cm³/mol. The molecule has 19 heavy (non-hydrogen) atoms. The molecule has 9 heteroatoms. The molecule has 0 amide bonds. The van der Waals surface area contributed by atoms with Crippen molar-refractivity contribution in [2.24, 2.45) is 0 Å². The number of sulfonamides is 1. The first kappa shape index (κ1) is 14.1. The maximum atomic E-state index is 12.0. The summed E-state index contributed by atoms with van der Waals surface area (Å²) in [5.41, 5.74) is 1.62. The number of nitrogens with one attached hydrogen (secondary N) is 1. The SMILES string of the molecule is O=C(O)Cc1ccc(S(=O)(=O)NCc2cncs2)s1. The summed E-state index contributed by atoms with van der Waals surface area (Å²) in [6.07, 6.45) is 1.42. The number of carboxylic acid groups (broad SMARTS) is 1. The number of nitrogens with zero attached hydrogens (tertiary/aromatic N) is 1. The standard InChI is InChI=1S/C10H10N2O4S3/c13-9(14)3-7-1-2-10(18-7)19(15,16)12-5-8-4-11-6-17-8/h1-2,4,6,12H,3,5H2,(H,13,14). The highest BCUT2D eigenvalue weighted by atomic mass is 32.2. The summed E-state index contributed by atoms with van der Waals surface area (Å²) in [4.78, 5) is 15.7. The van der Waals surface area contributed by atoms with Crippen LogP contribution in [-0.2, 0) is 27.8 Å². The maximum Gasteiger partial charge on any atom is 0.308 e. The molecule has 2 aromatic heterocycles. The van der Waals surface area contributed by atoms with Crippen molar-refractivity contribution in [1.29, 1.82) is 0 Å². The number of aromatic nitrogens is 1. The zero-order valence-electron chi connectivity index (χ0n) is 9.57. The molecule has 0 radical (unpaired) electrons. The van der Waals surface area contributed by atoms with E-state index in [1.165, 1.54) is 23.5 Å². The Morgan fingerprint density at radius 1 is 1.37 bits per heavy atom. The van der Waals surface area contributed by atoms with Crippen LogP contribution in [0.3, 0.4) is 0 Å². The minimum absolute atomic E-state index is 0.119. The molecule has 0 aliphatic heterocycles. The van der Waals surface area contributed by atoms with Crippen LogP contribution in [0.1, 0.15) is 9.75 Å². The molecule has 2 aromatic rings. The van der Waals surface area contributed by atoms with Crippen LogP contribution in [-0.4, -0.2) is 24.5 Å². The first-order valence-corrected chi connectivity index (χ1v) is 8.33. The third-order valence-electron chi connectivity index (χ3n) is 2.15. The molecule has 0 unspecified atom stereocenters. The summed E-state index contributed by atoms with van der Waals surface area (Å²) in [5, 5.41) is 8.64. The molecule has 6 nitrogen and oxygen atoms in total. The molecular weight excluding hydrogens is 308 g/mol. The molecule has 0 aromatic carbocycles. The molecule has 0 saturated carbocycles. The van der Waals surface area contributed by atoms with Gasteiger partial charge in [0.05, 0.1) is 11.9 Å². The summed E-state index contributed by atoms with van der Waals surface area (Å²) >= 11 is 2.32. The van der Waals surface area contributed by atoms with E-state index in [0.29, 0.717) is 4.88 Å². The number of rotatable bonds is 6. The topological polar surface area (TPSA) is 96.4 Å². The van der Waals surface area contributed by atoms with Gasteiger partial charge in [0, 0.05) is 22.5 Å². The van der Waals surface area contributed by atoms with Gasteiger partial charge in [0.2, 0.25) is 10.0 Å². The number of thiazole rings is 1. The van der Waals surface area contributed by atoms with E-state index < -0.39 is 16.0 Å². The first-order chi connectivity index (χ1) is 8.97. The summed E-state index contributed by atoms with van der Waals surface area (Å²) in [6, 6.07) is 2.93. The van der Waals surface area contributed by atoms with E-state index in [1.54, 1.807) is 11.7 Å². The lowest BCUT2D eigenvalue weighted by Gasteiger charge is -2.02. The number of thiophene rings is 1. The molecular formula is C10H10N2O4S3. The summed E-state index contributed by atoms with van der Waals surface area (Å²) in [6.45, 7) is 0.180. The highest BCUT2D eigenvalue weighted by molar-refractivity contribution is 7.91. The molecule has 0 fully saturated rings. The van der Waals surface area contributed by atoms with Gasteiger partial charge in [-0.3, -0.25) is 9.78 Å². The number of hydrogen-bond donors (Lipinski definition) is 2. The van der Waals surface area contributed by atoms with E-state index in [2.05, 4.69) is 9.71 Å². The Balaban J connectivity index is 2.06. The normalized spacial score (nSPS) is 11.6. The number of hydrogen-bond acceptors (Lipinski definition) is 6. The van der Waals surface area contributed by atoms with E-state index >= 15 is 0 Å². The van der Waals surface area contributed by atoms with Gasteiger partial charge >= 0.3 is 5.97 Å². The predicted octanol–water partition coefficient (Wildman–Crippen LogP) is 1.31. The molecule has 0 aliphatic carbocycles. The van der Waals surface area contributed by atoms with Crippen LogP contribution in [0, 0.1) is 0 Å². The highest BCUT2D eigenvalue weighted by Crippen LogP contribution is 2.22. The molecule has 0 aliphatic rings. The Hall–Kier alpha value is -1.29. The molecule has 2 rings (SSSR count). The second-order valence-electron chi connectivity index (χ2n) is 3.58. The van der Waals surface area contributed by atoms with Crippen molar-refractivity contribution in [3.05, 3.63) is 33.6 Å². The quantitative estimate of drug-likeness (QED) is 0.837. The number of carboxylic acids is 1. The second kappa shape index (κ2) is 5.78. The first-order valence-electron chi connectivity index (χ1n) is 5.15. The molecule has 0 atom stereocenters. The van der Waals surface area contributed by atoms with Crippen LogP contribution in [0.15, 0.2) is 28.0 Å². The lowest BCUT2D eigenvalue weighted by atomic mass is 10.3. The van der Waals surface area contributed by atoms with E-state index in [9.17, 15) is 13.2 Å². The van der Waals surface area contributed by atoms with Gasteiger partial charge in [-0.1, -0.05) is 0 Å². The zero-order chi connectivity index (χ0) is 13.9. The number of carbonyl (C=O) groups is 1. The van der Waals surface area contributed by atoms with Crippen molar-refractivity contribution in [1.82, 2.24) is 9.71 Å². The fourth-order valence-corrected chi connectivity index (χ4v) is 4.34. The van der Waals surface area contributed by atoms with Gasteiger partial charge in [-0.05, 0) is 12.1 Å². The smallest absolute Gasteiger partial charge is 0.308 e. The largest absolute Gasteiger partial charge is 0.481 e. The van der Waals surface area contributed by atoms with Crippen molar-refractivity contribution in [3.63, 3.8) is 0 Å². The molecule has 0 saturated heterocycles. The van der Waals surface area contributed by atoms with Crippen LogP contribution in [0.5, 0.6) is 0 Å². The van der Waals surface area contributed by atoms with Crippen molar-refractivity contribution in [2.75, 3.05) is 0 Å². The Kier molecular flexibility index (Phi) is 4.30. The molecule has 102 valence electrons. The molecule has 0 spiro atoms. The monoisotopic (exact) mass is 318 g/mol. The van der Waals surface area contributed by atoms with Gasteiger partial charge in [-0.2, -0.15) is 0 Å². The van der Waals surface area contributed by atoms with Crippen LogP contribution in [0.2, 0.25) is 0 Å². The van der Waals surface area contributed by atoms with Crippen LogP contribution < -0.4 is 4.72 Å². The fraction of sp³-hybridized carbons (Fsp3) is 0.200. The second-order valence-corrected chi connectivity index (χ2v) is 7.72. The summed E-state index contributed by atoms with van der Waals surface area (Å²) < 4.78 is 26.5. The Morgan fingerprint density at radius 2 is 2.16 bits per heavy atom. The minimum atomic E-state index is -3.60. The van der Waals surface area contributed by atoms with Gasteiger partial charge in [0.1, 0.15) is 4.21 Å². The zero-order valence-corrected chi connectivity index (χ0v) is 12.0. The number of aliphatic carboxylic acids is 1. The summed E-state index contributed by atoms with van der Waals surface area (Å²) in [7, 11) is -3.60. The molecule has 0 bridgehead atoms. The van der Waals surface area contributed by atoms with E-state index in [4.69, 9.17) is 5.11 Å². The van der Waals surface area contributed by atoms with Gasteiger partial charge < -0.3 is 5.11 Å². The van der Waals surface area contributed by atoms with Crippen molar-refractivity contribution < 1.29 is 18.3 Å².